The van der Waals surface area contributed by atoms with Crippen LogP contribution in [0.25, 0.3) is 16.9 Å². The Morgan fingerprint density at radius 3 is 2.39 bits per heavy atom. The number of carbonyl (C=O) groups is 1. The number of carbonyl (C=O) groups excluding carboxylic acids is 1. The molecule has 4 N–H and O–H groups in total. The number of amides is 2. The summed E-state index contributed by atoms with van der Waals surface area (Å²) in [5, 5.41) is 5.19. The van der Waals surface area contributed by atoms with E-state index in [4.69, 9.17) is 5.73 Å². The third-order valence-electron chi connectivity index (χ3n) is 6.35. The lowest BCUT2D eigenvalue weighted by molar-refractivity contribution is -0.137. The normalized spacial score (nSPS) is 15.1. The van der Waals surface area contributed by atoms with Gasteiger partial charge in [-0.15, -0.1) is 0 Å². The summed E-state index contributed by atoms with van der Waals surface area (Å²) in [6.07, 6.45) is -1.63. The number of rotatable bonds is 5. The van der Waals surface area contributed by atoms with E-state index in [0.29, 0.717) is 34.6 Å². The van der Waals surface area contributed by atoms with Gasteiger partial charge in [-0.3, -0.25) is 9.47 Å². The van der Waals surface area contributed by atoms with Gasteiger partial charge in [0, 0.05) is 49.8 Å². The number of hydrogen-bond acceptors (Lipinski definition) is 7. The molecule has 3 heterocycles. The number of anilines is 3. The van der Waals surface area contributed by atoms with Crippen LogP contribution in [0.5, 0.6) is 0 Å². The van der Waals surface area contributed by atoms with Crippen LogP contribution in [0, 0.1) is 0 Å². The van der Waals surface area contributed by atoms with Crippen molar-refractivity contribution in [1.29, 1.82) is 0 Å². The molecule has 0 aliphatic carbocycles. The van der Waals surface area contributed by atoms with Gasteiger partial charge in [0.15, 0.2) is 11.5 Å². The van der Waals surface area contributed by atoms with Crippen molar-refractivity contribution >= 4 is 34.4 Å². The predicted molar refractivity (Wildman–Crippen MR) is 138 cm³/mol. The Balaban J connectivity index is 1.29. The van der Waals surface area contributed by atoms with Crippen molar-refractivity contribution < 1.29 is 18.0 Å². The number of alkyl halides is 3. The number of nitrogens with two attached hydrogens (primary N) is 1. The van der Waals surface area contributed by atoms with Gasteiger partial charge < -0.3 is 21.3 Å². The molecule has 0 saturated carbocycles. The molecule has 4 aromatic rings. The molecule has 5 rings (SSSR count). The smallest absolute Gasteiger partial charge is 0.382 e. The van der Waals surface area contributed by atoms with E-state index in [-0.39, 0.29) is 11.5 Å². The topological polar surface area (TPSA) is 117 Å². The van der Waals surface area contributed by atoms with E-state index < -0.39 is 17.8 Å². The zero-order chi connectivity index (χ0) is 26.9. The van der Waals surface area contributed by atoms with Gasteiger partial charge in [-0.25, -0.2) is 19.7 Å². The molecular weight excluding hydrogens is 499 g/mol. The summed E-state index contributed by atoms with van der Waals surface area (Å²) in [5.74, 6) is 0.280. The number of nitrogens with one attached hydrogen (secondary N) is 2. The molecule has 0 unspecified atom stereocenters. The summed E-state index contributed by atoms with van der Waals surface area (Å²) in [7, 11) is 2.01. The maximum Gasteiger partial charge on any atom is 0.416 e. The Kier molecular flexibility index (Phi) is 6.87. The fraction of sp³-hybridized carbons (Fsp3) is 0.280. The Bertz CT molecular complexity index is 1440. The quantitative estimate of drug-likeness (QED) is 0.363. The first-order chi connectivity index (χ1) is 18.2. The Labute approximate surface area is 216 Å². The van der Waals surface area contributed by atoms with Crippen LogP contribution in [0.1, 0.15) is 11.1 Å². The first-order valence-corrected chi connectivity index (χ1v) is 11.9. The SMILES string of the molecule is CN1CCN(Cc2cc(NC(=O)Nc3ccc(-n4cnc5ncnc(N)c54)cc3)cc(C(F)(F)F)c2)CC1. The van der Waals surface area contributed by atoms with Gasteiger partial charge in [0.25, 0.3) is 0 Å². The van der Waals surface area contributed by atoms with E-state index in [9.17, 15) is 18.0 Å². The summed E-state index contributed by atoms with van der Waals surface area (Å²) < 4.78 is 42.4. The minimum Gasteiger partial charge on any atom is -0.382 e. The number of fused-ring (bicyclic) bond motifs is 1. The molecule has 0 spiro atoms. The highest BCUT2D eigenvalue weighted by molar-refractivity contribution is 6.00. The third-order valence-corrected chi connectivity index (χ3v) is 6.35. The number of nitrogens with zero attached hydrogens (tertiary/aromatic N) is 6. The number of piperazine rings is 1. The van der Waals surface area contributed by atoms with Crippen LogP contribution in [0.3, 0.4) is 0 Å². The average Bonchev–Trinajstić information content (AvgIpc) is 3.31. The first kappa shape index (κ1) is 25.4. The van der Waals surface area contributed by atoms with E-state index in [1.54, 1.807) is 41.2 Å². The number of imidazole rings is 1. The molecule has 1 fully saturated rings. The van der Waals surface area contributed by atoms with Crippen LogP contribution in [0.2, 0.25) is 0 Å². The maximum absolute atomic E-state index is 13.6. The summed E-state index contributed by atoms with van der Waals surface area (Å²) in [6, 6.07) is 9.78. The molecule has 198 valence electrons. The largest absolute Gasteiger partial charge is 0.416 e. The summed E-state index contributed by atoms with van der Waals surface area (Å²) in [5.41, 5.74) is 7.88. The fourth-order valence-corrected chi connectivity index (χ4v) is 4.36. The molecule has 0 atom stereocenters. The first-order valence-electron chi connectivity index (χ1n) is 11.9. The van der Waals surface area contributed by atoms with Crippen LogP contribution < -0.4 is 16.4 Å². The number of halogens is 3. The molecular formula is C25H26F3N9O. The van der Waals surface area contributed by atoms with E-state index >= 15 is 0 Å². The second kappa shape index (κ2) is 10.3. The second-order valence-corrected chi connectivity index (χ2v) is 9.17. The number of aromatic nitrogens is 4. The van der Waals surface area contributed by atoms with E-state index in [2.05, 4.69) is 35.4 Å². The molecule has 10 nitrogen and oxygen atoms in total. The molecule has 1 aliphatic heterocycles. The lowest BCUT2D eigenvalue weighted by Gasteiger charge is -2.32. The van der Waals surface area contributed by atoms with Crippen molar-refractivity contribution in [2.75, 3.05) is 49.6 Å². The van der Waals surface area contributed by atoms with Crippen molar-refractivity contribution in [3.8, 4) is 5.69 Å². The van der Waals surface area contributed by atoms with Crippen molar-refractivity contribution in [2.45, 2.75) is 12.7 Å². The number of nitrogen functional groups attached to an aromatic ring is 1. The standard InChI is InChI=1S/C25H26F3N9O/c1-35-6-8-36(9-7-35)13-16-10-17(25(26,27)28)12-19(11-16)34-24(38)33-18-2-4-20(5-3-18)37-15-32-23-21(37)22(29)30-14-31-23/h2-5,10-12,14-15H,6-9,13H2,1H3,(H2,29,30,31)(H2,33,34,38). The lowest BCUT2D eigenvalue weighted by Crippen LogP contribution is -2.43. The van der Waals surface area contributed by atoms with Crippen molar-refractivity contribution in [3.63, 3.8) is 0 Å². The highest BCUT2D eigenvalue weighted by Crippen LogP contribution is 2.32. The summed E-state index contributed by atoms with van der Waals surface area (Å²) >= 11 is 0. The van der Waals surface area contributed by atoms with Gasteiger partial charge in [-0.05, 0) is 55.1 Å². The fourth-order valence-electron chi connectivity index (χ4n) is 4.36. The molecule has 0 radical (unpaired) electrons. The molecule has 1 aliphatic rings. The summed E-state index contributed by atoms with van der Waals surface area (Å²) in [4.78, 5) is 29.2. The minimum atomic E-state index is -4.53. The van der Waals surface area contributed by atoms with Gasteiger partial charge in [0.1, 0.15) is 18.2 Å². The Morgan fingerprint density at radius 1 is 0.974 bits per heavy atom. The van der Waals surface area contributed by atoms with Crippen molar-refractivity contribution in [1.82, 2.24) is 29.3 Å². The van der Waals surface area contributed by atoms with Crippen LogP contribution in [-0.2, 0) is 12.7 Å². The summed E-state index contributed by atoms with van der Waals surface area (Å²) in [6.45, 7) is 3.60. The van der Waals surface area contributed by atoms with Crippen LogP contribution in [-0.4, -0.2) is 68.6 Å². The second-order valence-electron chi connectivity index (χ2n) is 9.17. The van der Waals surface area contributed by atoms with Gasteiger partial charge >= 0.3 is 12.2 Å². The van der Waals surface area contributed by atoms with Gasteiger partial charge in [-0.2, -0.15) is 13.2 Å². The molecule has 2 aromatic carbocycles. The highest BCUT2D eigenvalue weighted by atomic mass is 19.4. The van der Waals surface area contributed by atoms with Gasteiger partial charge in [0.05, 0.1) is 5.56 Å². The number of urea groups is 1. The van der Waals surface area contributed by atoms with E-state index in [1.165, 1.54) is 6.33 Å². The number of likely N-dealkylation sites (N-methyl/N-ethyl adjacent to an activating group) is 1. The molecule has 2 amide bonds. The van der Waals surface area contributed by atoms with Crippen LogP contribution in [0.4, 0.5) is 35.2 Å². The number of benzene rings is 2. The Morgan fingerprint density at radius 2 is 1.68 bits per heavy atom. The monoisotopic (exact) mass is 525 g/mol. The molecule has 2 aromatic heterocycles. The van der Waals surface area contributed by atoms with Gasteiger partial charge in [-0.1, -0.05) is 0 Å². The zero-order valence-electron chi connectivity index (χ0n) is 20.5. The average molecular weight is 526 g/mol. The Hall–Kier alpha value is -4.23. The molecule has 13 heteroatoms. The van der Waals surface area contributed by atoms with Crippen LogP contribution >= 0.6 is 0 Å². The lowest BCUT2D eigenvalue weighted by atomic mass is 10.1. The highest BCUT2D eigenvalue weighted by Gasteiger charge is 2.31. The number of hydrogen-bond donors (Lipinski definition) is 3. The van der Waals surface area contributed by atoms with E-state index in [0.717, 1.165) is 38.3 Å². The molecule has 0 bridgehead atoms. The maximum atomic E-state index is 13.6. The minimum absolute atomic E-state index is 0.0680. The van der Waals surface area contributed by atoms with Crippen LogP contribution in [0.15, 0.2) is 55.1 Å². The zero-order valence-corrected chi connectivity index (χ0v) is 20.5. The molecule has 38 heavy (non-hydrogen) atoms. The van der Waals surface area contributed by atoms with E-state index in [1.807, 2.05) is 7.05 Å². The van der Waals surface area contributed by atoms with Gasteiger partial charge in [0.2, 0.25) is 0 Å². The van der Waals surface area contributed by atoms with Crippen molar-refractivity contribution in [3.05, 3.63) is 66.2 Å². The third kappa shape index (κ3) is 5.68. The predicted octanol–water partition coefficient (Wildman–Crippen LogP) is 3.81. The van der Waals surface area contributed by atoms with Crippen molar-refractivity contribution in [2.24, 2.45) is 0 Å². The molecule has 1 saturated heterocycles.